The highest BCUT2D eigenvalue weighted by Crippen LogP contribution is 2.33. The van der Waals surface area contributed by atoms with Gasteiger partial charge in [-0.15, -0.1) is 0 Å². The van der Waals surface area contributed by atoms with E-state index in [4.69, 9.17) is 5.73 Å². The maximum absolute atomic E-state index is 13.3. The number of carbonyl (C=O) groups excluding carboxylic acids is 2. The van der Waals surface area contributed by atoms with Crippen molar-refractivity contribution in [2.24, 2.45) is 16.6 Å². The van der Waals surface area contributed by atoms with Gasteiger partial charge in [0, 0.05) is 49.3 Å². The first kappa shape index (κ1) is 28.3. The lowest BCUT2D eigenvalue weighted by molar-refractivity contribution is -0.127. The summed E-state index contributed by atoms with van der Waals surface area (Å²) in [7, 11) is 2.12. The zero-order chi connectivity index (χ0) is 26.9. The number of hydrogen-bond acceptors (Lipinski definition) is 5. The van der Waals surface area contributed by atoms with Gasteiger partial charge in [-0.2, -0.15) is 0 Å². The standard InChI is InChI=1S/C31H42N4O2/c1-6-13-35(14-7-2)31(37)28-17-26-10-8-24(18-29(26)33-30(32)19-28)23-9-11-27(21-36)25(16-23)12-15-34(5)20-22(3)4/h8-11,16-18,21-22H,6-7,12-15,19-20H2,1-5H3,(H2,32,33). The van der Waals surface area contributed by atoms with Crippen LogP contribution in [0.1, 0.15) is 68.4 Å². The predicted octanol–water partition coefficient (Wildman–Crippen LogP) is 5.72. The van der Waals surface area contributed by atoms with Gasteiger partial charge in [-0.1, -0.05) is 58.0 Å². The van der Waals surface area contributed by atoms with E-state index in [0.29, 0.717) is 23.7 Å². The third-order valence-electron chi connectivity index (χ3n) is 6.59. The minimum atomic E-state index is 0.0373. The van der Waals surface area contributed by atoms with Crippen molar-refractivity contribution in [1.82, 2.24) is 9.80 Å². The fourth-order valence-corrected chi connectivity index (χ4v) is 4.91. The van der Waals surface area contributed by atoms with E-state index in [1.165, 1.54) is 0 Å². The summed E-state index contributed by atoms with van der Waals surface area (Å²) < 4.78 is 0. The molecule has 0 unspecified atom stereocenters. The molecule has 37 heavy (non-hydrogen) atoms. The molecule has 0 fully saturated rings. The normalized spacial score (nSPS) is 13.2. The number of likely N-dealkylation sites (N-methyl/N-ethyl adjacent to an activating group) is 1. The molecule has 2 aromatic carbocycles. The van der Waals surface area contributed by atoms with Crippen LogP contribution in [0.25, 0.3) is 17.2 Å². The van der Waals surface area contributed by atoms with Crippen LogP contribution >= 0.6 is 0 Å². The van der Waals surface area contributed by atoms with Gasteiger partial charge in [-0.3, -0.25) is 9.59 Å². The Morgan fingerprint density at radius 3 is 2.38 bits per heavy atom. The summed E-state index contributed by atoms with van der Waals surface area (Å²) in [6.07, 6.45) is 5.86. The second-order valence-electron chi connectivity index (χ2n) is 10.5. The van der Waals surface area contributed by atoms with E-state index in [1.807, 2.05) is 35.2 Å². The van der Waals surface area contributed by atoms with Crippen molar-refractivity contribution in [3.05, 3.63) is 58.7 Å². The lowest BCUT2D eigenvalue weighted by atomic mass is 9.96. The maximum Gasteiger partial charge on any atom is 0.250 e. The van der Waals surface area contributed by atoms with Crippen LogP contribution in [0.2, 0.25) is 0 Å². The lowest BCUT2D eigenvalue weighted by Gasteiger charge is -2.22. The Balaban J connectivity index is 1.91. The van der Waals surface area contributed by atoms with Crippen LogP contribution < -0.4 is 5.73 Å². The van der Waals surface area contributed by atoms with Crippen LogP contribution in [-0.4, -0.2) is 61.1 Å². The summed E-state index contributed by atoms with van der Waals surface area (Å²) in [6.45, 7) is 12.0. The van der Waals surface area contributed by atoms with Crippen LogP contribution in [-0.2, 0) is 11.2 Å². The van der Waals surface area contributed by atoms with E-state index < -0.39 is 0 Å². The molecular weight excluding hydrogens is 460 g/mol. The Kier molecular flexibility index (Phi) is 10.2. The Hall–Kier alpha value is -3.25. The smallest absolute Gasteiger partial charge is 0.250 e. The summed E-state index contributed by atoms with van der Waals surface area (Å²) in [5.41, 5.74) is 12.4. The molecule has 0 atom stereocenters. The molecule has 1 aliphatic heterocycles. The van der Waals surface area contributed by atoms with E-state index in [0.717, 1.165) is 85.2 Å². The van der Waals surface area contributed by atoms with Crippen LogP contribution in [0.5, 0.6) is 0 Å². The van der Waals surface area contributed by atoms with E-state index in [2.05, 4.69) is 56.8 Å². The van der Waals surface area contributed by atoms with Crippen molar-refractivity contribution in [2.45, 2.75) is 53.4 Å². The highest BCUT2D eigenvalue weighted by Gasteiger charge is 2.21. The van der Waals surface area contributed by atoms with Crippen LogP contribution in [0.3, 0.4) is 0 Å². The van der Waals surface area contributed by atoms with Gasteiger partial charge in [-0.25, -0.2) is 4.99 Å². The number of aliphatic imine (C=N–C) groups is 1. The Morgan fingerprint density at radius 2 is 1.73 bits per heavy atom. The summed E-state index contributed by atoms with van der Waals surface area (Å²) in [6, 6.07) is 12.1. The van der Waals surface area contributed by atoms with E-state index in [9.17, 15) is 9.59 Å². The first-order valence-corrected chi connectivity index (χ1v) is 13.5. The third kappa shape index (κ3) is 7.62. The second-order valence-corrected chi connectivity index (χ2v) is 10.5. The van der Waals surface area contributed by atoms with E-state index in [1.54, 1.807) is 0 Å². The molecule has 2 N–H and O–H groups in total. The predicted molar refractivity (Wildman–Crippen MR) is 154 cm³/mol. The van der Waals surface area contributed by atoms with Gasteiger partial charge in [0.25, 0.3) is 0 Å². The average Bonchev–Trinajstić information content (AvgIpc) is 3.03. The number of hydrogen-bond donors (Lipinski definition) is 1. The number of amidine groups is 1. The first-order valence-electron chi connectivity index (χ1n) is 13.5. The van der Waals surface area contributed by atoms with Gasteiger partial charge in [0.2, 0.25) is 5.91 Å². The quantitative estimate of drug-likeness (QED) is 0.377. The molecule has 0 bridgehead atoms. The number of rotatable bonds is 12. The molecule has 6 nitrogen and oxygen atoms in total. The topological polar surface area (TPSA) is 79.0 Å². The highest BCUT2D eigenvalue weighted by atomic mass is 16.2. The summed E-state index contributed by atoms with van der Waals surface area (Å²) >= 11 is 0. The van der Waals surface area contributed by atoms with Crippen LogP contribution in [0.15, 0.2) is 47.0 Å². The summed E-state index contributed by atoms with van der Waals surface area (Å²) in [4.78, 5) is 33.8. The molecule has 1 heterocycles. The van der Waals surface area contributed by atoms with Crippen molar-refractivity contribution >= 4 is 29.8 Å². The van der Waals surface area contributed by atoms with Gasteiger partial charge < -0.3 is 15.5 Å². The Labute approximate surface area is 222 Å². The fourth-order valence-electron chi connectivity index (χ4n) is 4.91. The number of aldehydes is 1. The number of nitrogens with two attached hydrogens (primary N) is 1. The molecule has 0 saturated heterocycles. The lowest BCUT2D eigenvalue weighted by Crippen LogP contribution is -2.34. The second kappa shape index (κ2) is 13.3. The zero-order valence-corrected chi connectivity index (χ0v) is 23.1. The number of fused-ring (bicyclic) bond motifs is 1. The number of carbonyl (C=O) groups is 2. The average molecular weight is 503 g/mol. The molecular formula is C31H42N4O2. The molecule has 0 saturated carbocycles. The molecule has 1 amide bonds. The molecule has 3 rings (SSSR count). The van der Waals surface area contributed by atoms with Crippen molar-refractivity contribution < 1.29 is 9.59 Å². The Morgan fingerprint density at radius 1 is 1.05 bits per heavy atom. The van der Waals surface area contributed by atoms with Gasteiger partial charge in [0.15, 0.2) is 0 Å². The van der Waals surface area contributed by atoms with Crippen LogP contribution in [0.4, 0.5) is 5.69 Å². The van der Waals surface area contributed by atoms with E-state index >= 15 is 0 Å². The minimum absolute atomic E-state index is 0.0373. The van der Waals surface area contributed by atoms with Gasteiger partial charge >= 0.3 is 0 Å². The van der Waals surface area contributed by atoms with E-state index in [-0.39, 0.29) is 5.91 Å². The molecule has 0 aliphatic carbocycles. The van der Waals surface area contributed by atoms with Crippen molar-refractivity contribution in [3.63, 3.8) is 0 Å². The first-order chi connectivity index (χ1) is 17.7. The summed E-state index contributed by atoms with van der Waals surface area (Å²) in [5.74, 6) is 1.07. The third-order valence-corrected chi connectivity index (χ3v) is 6.59. The van der Waals surface area contributed by atoms with Crippen LogP contribution in [0, 0.1) is 5.92 Å². The minimum Gasteiger partial charge on any atom is -0.387 e. The molecule has 0 radical (unpaired) electrons. The molecule has 0 aromatic heterocycles. The number of nitrogens with zero attached hydrogens (tertiary/aromatic N) is 3. The zero-order valence-electron chi connectivity index (χ0n) is 23.1. The fraction of sp³-hybridized carbons (Fsp3) is 0.452. The van der Waals surface area contributed by atoms with Crippen molar-refractivity contribution in [1.29, 1.82) is 0 Å². The SMILES string of the molecule is CCCN(CCC)C(=O)C1=Cc2ccc(-c3ccc(C=O)c(CCN(C)CC(C)C)c3)cc2N=C(N)C1. The van der Waals surface area contributed by atoms with Gasteiger partial charge in [-0.05, 0) is 61.1 Å². The summed E-state index contributed by atoms with van der Waals surface area (Å²) in [5, 5.41) is 0. The molecule has 198 valence electrons. The van der Waals surface area contributed by atoms with Crippen molar-refractivity contribution in [2.75, 3.05) is 33.2 Å². The molecule has 6 heteroatoms. The van der Waals surface area contributed by atoms with Crippen molar-refractivity contribution in [3.8, 4) is 11.1 Å². The monoisotopic (exact) mass is 502 g/mol. The highest BCUT2D eigenvalue weighted by molar-refractivity contribution is 6.05. The Bertz CT molecular complexity index is 1160. The number of amides is 1. The van der Waals surface area contributed by atoms with Gasteiger partial charge in [0.1, 0.15) is 12.1 Å². The molecule has 0 spiro atoms. The molecule has 2 aromatic rings. The number of benzene rings is 2. The maximum atomic E-state index is 13.3. The molecule has 1 aliphatic rings. The van der Waals surface area contributed by atoms with Gasteiger partial charge in [0.05, 0.1) is 5.69 Å². The largest absolute Gasteiger partial charge is 0.387 e.